The molecular weight excluding hydrogens is 340 g/mol. The number of ether oxygens (including phenoxy) is 2. The number of carboxylic acids is 1. The number of hydrogen-bond donors (Lipinski definition) is 1. The van der Waals surface area contributed by atoms with Gasteiger partial charge in [0.05, 0.1) is 0 Å². The average molecular weight is 364 g/mol. The van der Waals surface area contributed by atoms with Crippen LogP contribution in [-0.4, -0.2) is 24.3 Å². The summed E-state index contributed by atoms with van der Waals surface area (Å²) in [5, 5.41) is 11.1. The molecule has 27 heavy (non-hydrogen) atoms. The Morgan fingerprint density at radius 1 is 1.00 bits per heavy atom. The second-order valence-corrected chi connectivity index (χ2v) is 6.84. The van der Waals surface area contributed by atoms with Crippen molar-refractivity contribution in [1.82, 2.24) is 0 Å². The van der Waals surface area contributed by atoms with Crippen LogP contribution < -0.4 is 9.47 Å². The van der Waals surface area contributed by atoms with E-state index in [-0.39, 0.29) is 12.2 Å². The van der Waals surface area contributed by atoms with E-state index < -0.39 is 5.97 Å². The van der Waals surface area contributed by atoms with Crippen LogP contribution in [0.3, 0.4) is 0 Å². The van der Waals surface area contributed by atoms with E-state index in [4.69, 9.17) is 9.47 Å². The lowest BCUT2D eigenvalue weighted by Gasteiger charge is -2.14. The summed E-state index contributed by atoms with van der Waals surface area (Å²) in [7, 11) is 0. The van der Waals surface area contributed by atoms with Gasteiger partial charge in [0, 0.05) is 0 Å². The average Bonchev–Trinajstić information content (AvgIpc) is 2.64. The molecule has 0 aliphatic rings. The SMILES string of the molecule is Cc1cc(OCCOc2ccc3ccccc3c2C(=O)O)ccc1C(C)C. The Kier molecular flexibility index (Phi) is 5.65. The fourth-order valence-electron chi connectivity index (χ4n) is 3.29. The number of fused-ring (bicyclic) bond motifs is 1. The molecular formula is C23H24O4. The number of aromatic carboxylic acids is 1. The number of rotatable bonds is 7. The van der Waals surface area contributed by atoms with Gasteiger partial charge in [0.2, 0.25) is 0 Å². The Hall–Kier alpha value is -3.01. The maximum Gasteiger partial charge on any atom is 0.340 e. The van der Waals surface area contributed by atoms with Crippen molar-refractivity contribution in [2.75, 3.05) is 13.2 Å². The van der Waals surface area contributed by atoms with Gasteiger partial charge in [-0.15, -0.1) is 0 Å². The molecule has 0 amide bonds. The molecule has 4 nitrogen and oxygen atoms in total. The monoisotopic (exact) mass is 364 g/mol. The van der Waals surface area contributed by atoms with Crippen LogP contribution in [0, 0.1) is 6.92 Å². The van der Waals surface area contributed by atoms with Gasteiger partial charge in [-0.1, -0.05) is 50.2 Å². The summed E-state index contributed by atoms with van der Waals surface area (Å²) in [5.41, 5.74) is 2.69. The lowest BCUT2D eigenvalue weighted by atomic mass is 9.98. The van der Waals surface area contributed by atoms with Gasteiger partial charge >= 0.3 is 5.97 Å². The van der Waals surface area contributed by atoms with Gasteiger partial charge in [-0.2, -0.15) is 0 Å². The predicted molar refractivity (Wildman–Crippen MR) is 107 cm³/mol. The van der Waals surface area contributed by atoms with Crippen LogP contribution in [0.2, 0.25) is 0 Å². The van der Waals surface area contributed by atoms with Crippen LogP contribution in [-0.2, 0) is 0 Å². The van der Waals surface area contributed by atoms with Gasteiger partial charge in [-0.05, 0) is 52.9 Å². The Morgan fingerprint density at radius 2 is 1.74 bits per heavy atom. The summed E-state index contributed by atoms with van der Waals surface area (Å²) in [6.45, 7) is 7.02. The summed E-state index contributed by atoms with van der Waals surface area (Å²) in [6.07, 6.45) is 0. The minimum atomic E-state index is -0.998. The van der Waals surface area contributed by atoms with Gasteiger partial charge in [-0.25, -0.2) is 4.79 Å². The van der Waals surface area contributed by atoms with E-state index in [1.54, 1.807) is 12.1 Å². The molecule has 4 heteroatoms. The predicted octanol–water partition coefficient (Wildman–Crippen LogP) is 5.43. The minimum absolute atomic E-state index is 0.185. The first-order chi connectivity index (χ1) is 13.0. The molecule has 0 saturated heterocycles. The van der Waals surface area contributed by atoms with E-state index in [0.29, 0.717) is 23.7 Å². The highest BCUT2D eigenvalue weighted by Gasteiger charge is 2.15. The number of carboxylic acid groups (broad SMARTS) is 1. The summed E-state index contributed by atoms with van der Waals surface area (Å²) < 4.78 is 11.5. The van der Waals surface area contributed by atoms with Gasteiger partial charge in [-0.3, -0.25) is 0 Å². The Bertz CT molecular complexity index is 960. The molecule has 0 radical (unpaired) electrons. The normalized spacial score (nSPS) is 11.0. The summed E-state index contributed by atoms with van der Waals surface area (Å²) >= 11 is 0. The van der Waals surface area contributed by atoms with Gasteiger partial charge in [0.15, 0.2) is 0 Å². The zero-order chi connectivity index (χ0) is 19.4. The van der Waals surface area contributed by atoms with Crippen molar-refractivity contribution in [3.63, 3.8) is 0 Å². The van der Waals surface area contributed by atoms with E-state index in [1.807, 2.05) is 36.4 Å². The first-order valence-corrected chi connectivity index (χ1v) is 9.08. The van der Waals surface area contributed by atoms with Crippen LogP contribution in [0.1, 0.15) is 41.3 Å². The maximum absolute atomic E-state index is 11.7. The van der Waals surface area contributed by atoms with Crippen LogP contribution in [0.4, 0.5) is 0 Å². The van der Waals surface area contributed by atoms with Crippen molar-refractivity contribution in [2.24, 2.45) is 0 Å². The van der Waals surface area contributed by atoms with Crippen LogP contribution in [0.15, 0.2) is 54.6 Å². The Morgan fingerprint density at radius 3 is 2.44 bits per heavy atom. The lowest BCUT2D eigenvalue weighted by Crippen LogP contribution is -2.11. The molecule has 0 aliphatic carbocycles. The van der Waals surface area contributed by atoms with E-state index in [0.717, 1.165) is 11.1 Å². The Labute approximate surface area is 159 Å². The van der Waals surface area contributed by atoms with E-state index in [2.05, 4.69) is 26.8 Å². The quantitative estimate of drug-likeness (QED) is 0.568. The Balaban J connectivity index is 1.67. The van der Waals surface area contributed by atoms with Crippen molar-refractivity contribution >= 4 is 16.7 Å². The zero-order valence-corrected chi connectivity index (χ0v) is 15.9. The van der Waals surface area contributed by atoms with Crippen molar-refractivity contribution in [1.29, 1.82) is 0 Å². The highest BCUT2D eigenvalue weighted by Crippen LogP contribution is 2.28. The number of aryl methyl sites for hydroxylation is 1. The van der Waals surface area contributed by atoms with Crippen molar-refractivity contribution in [2.45, 2.75) is 26.7 Å². The molecule has 3 rings (SSSR count). The smallest absolute Gasteiger partial charge is 0.340 e. The topological polar surface area (TPSA) is 55.8 Å². The highest BCUT2D eigenvalue weighted by molar-refractivity contribution is 6.06. The number of carbonyl (C=O) groups is 1. The third-order valence-electron chi connectivity index (χ3n) is 4.58. The molecule has 3 aromatic rings. The number of hydrogen-bond acceptors (Lipinski definition) is 3. The molecule has 0 aliphatic heterocycles. The van der Waals surface area contributed by atoms with E-state index in [9.17, 15) is 9.90 Å². The van der Waals surface area contributed by atoms with Crippen LogP contribution in [0.5, 0.6) is 11.5 Å². The van der Waals surface area contributed by atoms with E-state index >= 15 is 0 Å². The first kappa shape index (κ1) is 18.8. The molecule has 0 unspecified atom stereocenters. The molecule has 0 aromatic heterocycles. The van der Waals surface area contributed by atoms with Crippen molar-refractivity contribution in [3.8, 4) is 11.5 Å². The third kappa shape index (κ3) is 4.22. The second-order valence-electron chi connectivity index (χ2n) is 6.84. The maximum atomic E-state index is 11.7. The van der Waals surface area contributed by atoms with Gasteiger partial charge in [0.25, 0.3) is 0 Å². The molecule has 1 N–H and O–H groups in total. The van der Waals surface area contributed by atoms with Crippen LogP contribution >= 0.6 is 0 Å². The largest absolute Gasteiger partial charge is 0.490 e. The molecule has 0 atom stereocenters. The van der Waals surface area contributed by atoms with Crippen molar-refractivity contribution < 1.29 is 19.4 Å². The zero-order valence-electron chi connectivity index (χ0n) is 15.9. The fraction of sp³-hybridized carbons (Fsp3) is 0.261. The van der Waals surface area contributed by atoms with E-state index in [1.165, 1.54) is 11.1 Å². The third-order valence-corrected chi connectivity index (χ3v) is 4.58. The van der Waals surface area contributed by atoms with Gasteiger partial charge in [0.1, 0.15) is 30.3 Å². The second kappa shape index (κ2) is 8.12. The lowest BCUT2D eigenvalue weighted by molar-refractivity contribution is 0.0693. The molecule has 0 bridgehead atoms. The first-order valence-electron chi connectivity index (χ1n) is 9.08. The molecule has 3 aromatic carbocycles. The molecule has 0 heterocycles. The number of benzene rings is 3. The molecule has 0 saturated carbocycles. The standard InChI is InChI=1S/C23H24O4/c1-15(2)19-10-9-18(14-16(19)3)26-12-13-27-21-11-8-17-6-4-5-7-20(17)22(21)23(24)25/h4-11,14-15H,12-13H2,1-3H3,(H,24,25). The molecule has 0 fully saturated rings. The fourth-order valence-corrected chi connectivity index (χ4v) is 3.29. The highest BCUT2D eigenvalue weighted by atomic mass is 16.5. The van der Waals surface area contributed by atoms with Crippen molar-refractivity contribution in [3.05, 3.63) is 71.3 Å². The molecule has 140 valence electrons. The van der Waals surface area contributed by atoms with Crippen LogP contribution in [0.25, 0.3) is 10.8 Å². The summed E-state index contributed by atoms with van der Waals surface area (Å²) in [5.74, 6) is 0.626. The minimum Gasteiger partial charge on any atom is -0.490 e. The molecule has 0 spiro atoms. The summed E-state index contributed by atoms with van der Waals surface area (Å²) in [4.78, 5) is 11.7. The summed E-state index contributed by atoms with van der Waals surface area (Å²) in [6, 6.07) is 17.0. The van der Waals surface area contributed by atoms with Gasteiger partial charge < -0.3 is 14.6 Å².